The van der Waals surface area contributed by atoms with Crippen molar-refractivity contribution < 1.29 is 4.39 Å². The van der Waals surface area contributed by atoms with Crippen LogP contribution in [0.1, 0.15) is 110 Å². The summed E-state index contributed by atoms with van der Waals surface area (Å²) in [5, 5.41) is 0. The number of unbranched alkanes of at least 4 members (excludes halogenated alkanes) is 12. The normalized spacial score (nSPS) is 12.7. The van der Waals surface area contributed by atoms with Crippen molar-refractivity contribution in [2.24, 2.45) is 0 Å². The molecule has 0 rings (SSSR count). The molecule has 0 aromatic carbocycles. The Morgan fingerprint density at radius 2 is 1.00 bits per heavy atom. The lowest BCUT2D eigenvalue weighted by molar-refractivity contribution is 0.280. The lowest BCUT2D eigenvalue weighted by Crippen LogP contribution is -2.00. The molecule has 0 amide bonds. The summed E-state index contributed by atoms with van der Waals surface area (Å²) in [6.07, 6.45) is 19.5. The first-order valence-corrected chi connectivity index (χ1v) is 11.0. The van der Waals surface area contributed by atoms with Gasteiger partial charge < -0.3 is 0 Å². The molecule has 0 radical (unpaired) electrons. The summed E-state index contributed by atoms with van der Waals surface area (Å²) in [5.41, 5.74) is 0. The standard InChI is InChI=1S/C19H38FI/c1-2-3-4-5-6-7-8-9-10-11-13-16-19(20)17-14-12-15-18-21/h19H,2-18H2,1H3. The first-order chi connectivity index (χ1) is 10.3. The van der Waals surface area contributed by atoms with Crippen molar-refractivity contribution in [3.05, 3.63) is 0 Å². The number of halogens is 2. The summed E-state index contributed by atoms with van der Waals surface area (Å²) >= 11 is 2.40. The van der Waals surface area contributed by atoms with Gasteiger partial charge in [-0.3, -0.25) is 0 Å². The van der Waals surface area contributed by atoms with Crippen LogP contribution < -0.4 is 0 Å². The Kier molecular flexibility index (Phi) is 19.3. The largest absolute Gasteiger partial charge is 0.247 e. The molecule has 1 unspecified atom stereocenters. The third-order valence-electron chi connectivity index (χ3n) is 4.27. The Hall–Kier alpha value is 0.660. The van der Waals surface area contributed by atoms with Crippen molar-refractivity contribution in [1.82, 2.24) is 0 Å². The number of alkyl halides is 2. The summed E-state index contributed by atoms with van der Waals surface area (Å²) in [4.78, 5) is 0. The molecule has 0 spiro atoms. The highest BCUT2D eigenvalue weighted by atomic mass is 127. The quantitative estimate of drug-likeness (QED) is 0.129. The molecule has 2 heteroatoms. The maximum atomic E-state index is 13.6. The highest BCUT2D eigenvalue weighted by Crippen LogP contribution is 2.16. The van der Waals surface area contributed by atoms with Gasteiger partial charge in [-0.05, 0) is 23.7 Å². The van der Waals surface area contributed by atoms with Crippen LogP contribution in [-0.4, -0.2) is 10.6 Å². The van der Waals surface area contributed by atoms with Crippen molar-refractivity contribution in [2.75, 3.05) is 4.43 Å². The fourth-order valence-electron chi connectivity index (χ4n) is 2.81. The predicted octanol–water partition coefficient (Wildman–Crippen LogP) is 8.02. The molecule has 128 valence electrons. The van der Waals surface area contributed by atoms with E-state index in [1.807, 2.05) is 0 Å². The van der Waals surface area contributed by atoms with Crippen LogP contribution in [0.25, 0.3) is 0 Å². The second-order valence-electron chi connectivity index (χ2n) is 6.46. The minimum atomic E-state index is -0.530. The number of rotatable bonds is 17. The molecular weight excluding hydrogens is 374 g/mol. The first kappa shape index (κ1) is 21.7. The summed E-state index contributed by atoms with van der Waals surface area (Å²) in [6.45, 7) is 2.27. The Labute approximate surface area is 147 Å². The van der Waals surface area contributed by atoms with Gasteiger partial charge in [0.05, 0.1) is 0 Å². The van der Waals surface area contributed by atoms with Gasteiger partial charge in [0.1, 0.15) is 6.17 Å². The van der Waals surface area contributed by atoms with Crippen LogP contribution in [-0.2, 0) is 0 Å². The Balaban J connectivity index is 3.07. The van der Waals surface area contributed by atoms with Gasteiger partial charge >= 0.3 is 0 Å². The van der Waals surface area contributed by atoms with Crippen molar-refractivity contribution in [2.45, 2.75) is 116 Å². The van der Waals surface area contributed by atoms with Gasteiger partial charge in [0, 0.05) is 0 Å². The molecule has 0 saturated carbocycles. The smallest absolute Gasteiger partial charge is 0.100 e. The monoisotopic (exact) mass is 412 g/mol. The van der Waals surface area contributed by atoms with E-state index in [2.05, 4.69) is 29.5 Å². The third kappa shape index (κ3) is 18.6. The van der Waals surface area contributed by atoms with E-state index in [0.29, 0.717) is 0 Å². The van der Waals surface area contributed by atoms with Gasteiger partial charge in [0.15, 0.2) is 0 Å². The zero-order valence-electron chi connectivity index (χ0n) is 14.4. The summed E-state index contributed by atoms with van der Waals surface area (Å²) < 4.78 is 14.8. The van der Waals surface area contributed by atoms with E-state index in [-0.39, 0.29) is 0 Å². The molecule has 0 aliphatic carbocycles. The molecule has 21 heavy (non-hydrogen) atoms. The van der Waals surface area contributed by atoms with E-state index in [0.717, 1.165) is 25.7 Å². The first-order valence-electron chi connectivity index (χ1n) is 9.51. The van der Waals surface area contributed by atoms with Crippen LogP contribution in [0.5, 0.6) is 0 Å². The third-order valence-corrected chi connectivity index (χ3v) is 5.03. The zero-order valence-corrected chi connectivity index (χ0v) is 16.5. The zero-order chi connectivity index (χ0) is 15.6. The average Bonchev–Trinajstić information content (AvgIpc) is 2.49. The highest BCUT2D eigenvalue weighted by Gasteiger charge is 2.05. The van der Waals surface area contributed by atoms with Crippen molar-refractivity contribution in [3.8, 4) is 0 Å². The molecule has 0 N–H and O–H groups in total. The topological polar surface area (TPSA) is 0 Å². The highest BCUT2D eigenvalue weighted by molar-refractivity contribution is 14.1. The van der Waals surface area contributed by atoms with Gasteiger partial charge in [-0.1, -0.05) is 113 Å². The average molecular weight is 412 g/mol. The van der Waals surface area contributed by atoms with Crippen molar-refractivity contribution in [3.63, 3.8) is 0 Å². The maximum Gasteiger partial charge on any atom is 0.100 e. The lowest BCUT2D eigenvalue weighted by atomic mass is 10.0. The Morgan fingerprint density at radius 3 is 1.43 bits per heavy atom. The van der Waals surface area contributed by atoms with Gasteiger partial charge in [-0.2, -0.15) is 0 Å². The van der Waals surface area contributed by atoms with Gasteiger partial charge in [0.2, 0.25) is 0 Å². The minimum absolute atomic E-state index is 0.530. The van der Waals surface area contributed by atoms with E-state index < -0.39 is 6.17 Å². The minimum Gasteiger partial charge on any atom is -0.247 e. The second kappa shape index (κ2) is 18.7. The van der Waals surface area contributed by atoms with Crippen molar-refractivity contribution in [1.29, 1.82) is 0 Å². The predicted molar refractivity (Wildman–Crippen MR) is 103 cm³/mol. The van der Waals surface area contributed by atoms with Crippen LogP contribution >= 0.6 is 22.6 Å². The molecule has 0 nitrogen and oxygen atoms in total. The van der Waals surface area contributed by atoms with E-state index in [4.69, 9.17) is 0 Å². The van der Waals surface area contributed by atoms with Gasteiger partial charge in [-0.15, -0.1) is 0 Å². The molecule has 0 saturated heterocycles. The summed E-state index contributed by atoms with van der Waals surface area (Å²) in [5.74, 6) is 0. The van der Waals surface area contributed by atoms with Crippen LogP contribution in [0, 0.1) is 0 Å². The van der Waals surface area contributed by atoms with Crippen LogP contribution in [0.4, 0.5) is 4.39 Å². The Bertz CT molecular complexity index is 184. The van der Waals surface area contributed by atoms with Gasteiger partial charge in [-0.25, -0.2) is 4.39 Å². The molecule has 0 aromatic rings. The summed E-state index contributed by atoms with van der Waals surface area (Å²) in [7, 11) is 0. The van der Waals surface area contributed by atoms with Crippen LogP contribution in [0.3, 0.4) is 0 Å². The molecule has 0 fully saturated rings. The molecule has 0 aliphatic rings. The fraction of sp³-hybridized carbons (Fsp3) is 1.00. The maximum absolute atomic E-state index is 13.6. The van der Waals surface area contributed by atoms with Gasteiger partial charge in [0.25, 0.3) is 0 Å². The molecule has 0 aliphatic heterocycles. The SMILES string of the molecule is CCCCCCCCCCCCCC(F)CCCCCI. The molecule has 1 atom stereocenters. The molecule has 0 bridgehead atoms. The van der Waals surface area contributed by atoms with Crippen LogP contribution in [0.2, 0.25) is 0 Å². The lowest BCUT2D eigenvalue weighted by Gasteiger charge is -2.07. The van der Waals surface area contributed by atoms with E-state index in [9.17, 15) is 4.39 Å². The van der Waals surface area contributed by atoms with E-state index in [1.165, 1.54) is 81.5 Å². The van der Waals surface area contributed by atoms with E-state index in [1.54, 1.807) is 0 Å². The molecule has 0 heterocycles. The number of hydrogen-bond acceptors (Lipinski definition) is 0. The molecule has 0 aromatic heterocycles. The van der Waals surface area contributed by atoms with E-state index >= 15 is 0 Å². The van der Waals surface area contributed by atoms with Crippen molar-refractivity contribution >= 4 is 22.6 Å². The molecular formula is C19H38FI. The number of hydrogen-bond donors (Lipinski definition) is 0. The fourth-order valence-corrected chi connectivity index (χ4v) is 3.35. The second-order valence-corrected chi connectivity index (χ2v) is 7.54. The summed E-state index contributed by atoms with van der Waals surface area (Å²) in [6, 6.07) is 0. The Morgan fingerprint density at radius 1 is 0.619 bits per heavy atom. The van der Waals surface area contributed by atoms with Crippen LogP contribution in [0.15, 0.2) is 0 Å².